The molecular weight excluding hydrogens is 378 g/mol. The highest BCUT2D eigenvalue weighted by molar-refractivity contribution is 8.19. The average molecular weight is 392 g/mol. The van der Waals surface area contributed by atoms with Gasteiger partial charge in [-0.05, 0) is 47.7 Å². The molecule has 1 aliphatic rings. The molecule has 1 aliphatic heterocycles. The Labute approximate surface area is 159 Å². The number of hydrogen-bond donors (Lipinski definition) is 1. The lowest BCUT2D eigenvalue weighted by molar-refractivity contribution is -0.113. The highest BCUT2D eigenvalue weighted by Crippen LogP contribution is 2.41. The normalized spacial score (nSPS) is 15.7. The lowest BCUT2D eigenvalue weighted by atomic mass is 10.1. The molecule has 0 aromatic heterocycles. The van der Waals surface area contributed by atoms with Crippen LogP contribution in [0.5, 0.6) is 17.2 Å². The van der Waals surface area contributed by atoms with E-state index in [1.165, 1.54) is 20.3 Å². The number of aromatic hydroxyl groups is 1. The molecule has 1 saturated heterocycles. The molecule has 0 unspecified atom stereocenters. The van der Waals surface area contributed by atoms with Crippen molar-refractivity contribution < 1.29 is 24.2 Å². The number of halogens is 1. The fraction of sp³-hybridized carbons (Fsp3) is 0.111. The number of phenols is 1. The Kier molecular flexibility index (Phi) is 5.11. The summed E-state index contributed by atoms with van der Waals surface area (Å²) < 4.78 is 10.2. The Morgan fingerprint density at radius 2 is 1.73 bits per heavy atom. The van der Waals surface area contributed by atoms with Crippen molar-refractivity contribution in [3.8, 4) is 17.2 Å². The van der Waals surface area contributed by atoms with Crippen molar-refractivity contribution in [1.29, 1.82) is 0 Å². The van der Waals surface area contributed by atoms with Gasteiger partial charge in [-0.3, -0.25) is 9.59 Å². The van der Waals surface area contributed by atoms with E-state index in [1.807, 2.05) is 0 Å². The summed E-state index contributed by atoms with van der Waals surface area (Å²) in [5, 5.41) is 9.84. The van der Waals surface area contributed by atoms with Gasteiger partial charge in [-0.1, -0.05) is 23.7 Å². The maximum absolute atomic E-state index is 12.7. The number of hydrogen-bond acceptors (Lipinski definition) is 6. The minimum Gasteiger partial charge on any atom is -0.502 e. The predicted molar refractivity (Wildman–Crippen MR) is 101 cm³/mol. The first kappa shape index (κ1) is 18.2. The molecule has 2 amide bonds. The van der Waals surface area contributed by atoms with E-state index >= 15 is 0 Å². The third-order valence-corrected chi connectivity index (χ3v) is 4.88. The molecule has 2 aromatic carbocycles. The molecule has 2 aromatic rings. The Morgan fingerprint density at radius 1 is 1.12 bits per heavy atom. The van der Waals surface area contributed by atoms with E-state index < -0.39 is 11.1 Å². The number of ether oxygens (including phenoxy) is 2. The third-order valence-electron chi connectivity index (χ3n) is 3.69. The standard InChI is InChI=1S/C18H14ClNO5S/c1-24-13-7-10(8-14(25-2)16(13)21)9-15-17(22)20(18(23)26-15)12-6-4-3-5-11(12)19/h3-9,21H,1-2H3/b15-9-. The van der Waals surface area contributed by atoms with E-state index in [1.54, 1.807) is 36.4 Å². The van der Waals surface area contributed by atoms with Crippen LogP contribution in [0, 0.1) is 0 Å². The van der Waals surface area contributed by atoms with Crippen LogP contribution in [0.1, 0.15) is 5.56 Å². The minimum atomic E-state index is -0.473. The molecular formula is C18H14ClNO5S. The number of rotatable bonds is 4. The monoisotopic (exact) mass is 391 g/mol. The number of methoxy groups -OCH3 is 2. The highest BCUT2D eigenvalue weighted by Gasteiger charge is 2.37. The molecule has 0 aliphatic carbocycles. The fourth-order valence-electron chi connectivity index (χ4n) is 2.46. The first-order chi connectivity index (χ1) is 12.5. The third kappa shape index (κ3) is 3.23. The Bertz CT molecular complexity index is 903. The quantitative estimate of drug-likeness (QED) is 0.783. The first-order valence-electron chi connectivity index (χ1n) is 7.43. The van der Waals surface area contributed by atoms with Crippen molar-refractivity contribution in [3.05, 3.63) is 51.9 Å². The first-order valence-corrected chi connectivity index (χ1v) is 8.63. The number of amides is 2. The van der Waals surface area contributed by atoms with Crippen molar-refractivity contribution in [3.63, 3.8) is 0 Å². The molecule has 0 saturated carbocycles. The van der Waals surface area contributed by atoms with Gasteiger partial charge in [-0.2, -0.15) is 0 Å². The molecule has 1 fully saturated rings. The number of thioether (sulfide) groups is 1. The summed E-state index contributed by atoms with van der Waals surface area (Å²) in [6, 6.07) is 9.72. The number of benzene rings is 2. The highest BCUT2D eigenvalue weighted by atomic mass is 35.5. The number of phenolic OH excluding ortho intramolecular Hbond substituents is 1. The average Bonchev–Trinajstić information content (AvgIpc) is 2.90. The molecule has 1 heterocycles. The van der Waals surface area contributed by atoms with Crippen molar-refractivity contribution in [2.75, 3.05) is 19.1 Å². The van der Waals surface area contributed by atoms with Gasteiger partial charge in [-0.25, -0.2) is 4.90 Å². The van der Waals surface area contributed by atoms with Crippen molar-refractivity contribution in [1.82, 2.24) is 0 Å². The summed E-state index contributed by atoms with van der Waals surface area (Å²) >= 11 is 6.91. The SMILES string of the molecule is COc1cc(/C=C2\SC(=O)N(c3ccccc3Cl)C2=O)cc(OC)c1O. The second-order valence-corrected chi connectivity index (χ2v) is 6.64. The summed E-state index contributed by atoms with van der Waals surface area (Å²) in [5.74, 6) is -0.225. The Balaban J connectivity index is 2.00. The molecule has 26 heavy (non-hydrogen) atoms. The minimum absolute atomic E-state index is 0.142. The summed E-state index contributed by atoms with van der Waals surface area (Å²) in [7, 11) is 2.81. The van der Waals surface area contributed by atoms with Crippen molar-refractivity contribution >= 4 is 46.3 Å². The number of carbonyl (C=O) groups excluding carboxylic acids is 2. The van der Waals surface area contributed by atoms with Crippen molar-refractivity contribution in [2.45, 2.75) is 0 Å². The van der Waals surface area contributed by atoms with Gasteiger partial charge in [0, 0.05) is 0 Å². The van der Waals surface area contributed by atoms with Gasteiger partial charge < -0.3 is 14.6 Å². The van der Waals surface area contributed by atoms with Gasteiger partial charge >= 0.3 is 0 Å². The van der Waals surface area contributed by atoms with Gasteiger partial charge in [0.25, 0.3) is 11.1 Å². The second kappa shape index (κ2) is 7.31. The molecule has 0 atom stereocenters. The zero-order chi connectivity index (χ0) is 18.8. The number of para-hydroxylation sites is 1. The van der Waals surface area contributed by atoms with Crippen LogP contribution in [0.2, 0.25) is 5.02 Å². The number of anilines is 1. The second-order valence-electron chi connectivity index (χ2n) is 5.24. The molecule has 0 radical (unpaired) electrons. The predicted octanol–water partition coefficient (Wildman–Crippen LogP) is 4.30. The van der Waals surface area contributed by atoms with E-state index in [0.29, 0.717) is 16.3 Å². The zero-order valence-electron chi connectivity index (χ0n) is 13.9. The van der Waals surface area contributed by atoms with E-state index in [2.05, 4.69) is 0 Å². The van der Waals surface area contributed by atoms with E-state index in [0.717, 1.165) is 16.7 Å². The molecule has 6 nitrogen and oxygen atoms in total. The smallest absolute Gasteiger partial charge is 0.298 e. The number of nitrogens with zero attached hydrogens (tertiary/aromatic N) is 1. The summed E-state index contributed by atoms with van der Waals surface area (Å²) in [6.07, 6.45) is 1.53. The van der Waals surface area contributed by atoms with E-state index in [-0.39, 0.29) is 22.2 Å². The van der Waals surface area contributed by atoms with Gasteiger partial charge in [0.1, 0.15) is 0 Å². The van der Waals surface area contributed by atoms with Crippen LogP contribution in [-0.2, 0) is 4.79 Å². The lowest BCUT2D eigenvalue weighted by Gasteiger charge is -2.13. The lowest BCUT2D eigenvalue weighted by Crippen LogP contribution is -2.27. The number of imide groups is 1. The molecule has 1 N–H and O–H groups in total. The Morgan fingerprint density at radius 3 is 2.31 bits per heavy atom. The molecule has 3 rings (SSSR count). The Hall–Kier alpha value is -2.64. The zero-order valence-corrected chi connectivity index (χ0v) is 15.4. The largest absolute Gasteiger partial charge is 0.502 e. The van der Waals surface area contributed by atoms with Crippen molar-refractivity contribution in [2.24, 2.45) is 0 Å². The molecule has 134 valence electrons. The summed E-state index contributed by atoms with van der Waals surface area (Å²) in [5.41, 5.74) is 0.877. The van der Waals surface area contributed by atoms with Crippen LogP contribution in [0.15, 0.2) is 41.3 Å². The maximum Gasteiger partial charge on any atom is 0.298 e. The van der Waals surface area contributed by atoms with E-state index in [9.17, 15) is 14.7 Å². The molecule has 0 bridgehead atoms. The summed E-state index contributed by atoms with van der Waals surface area (Å²) in [6.45, 7) is 0. The fourth-order valence-corrected chi connectivity index (χ4v) is 3.51. The summed E-state index contributed by atoms with van der Waals surface area (Å²) in [4.78, 5) is 26.3. The number of carbonyl (C=O) groups is 2. The van der Waals surface area contributed by atoms with Crippen LogP contribution in [-0.4, -0.2) is 30.5 Å². The topological polar surface area (TPSA) is 76.1 Å². The van der Waals surface area contributed by atoms with Gasteiger partial charge in [-0.15, -0.1) is 0 Å². The van der Waals surface area contributed by atoms with Gasteiger partial charge in [0.2, 0.25) is 5.75 Å². The molecule has 0 spiro atoms. The van der Waals surface area contributed by atoms with Crippen LogP contribution in [0.4, 0.5) is 10.5 Å². The van der Waals surface area contributed by atoms with Crippen LogP contribution in [0.25, 0.3) is 6.08 Å². The molecule has 8 heteroatoms. The van der Waals surface area contributed by atoms with Crippen LogP contribution >= 0.6 is 23.4 Å². The maximum atomic E-state index is 12.7. The van der Waals surface area contributed by atoms with Crippen LogP contribution in [0.3, 0.4) is 0 Å². The van der Waals surface area contributed by atoms with Gasteiger partial charge in [0.15, 0.2) is 11.5 Å². The van der Waals surface area contributed by atoms with Gasteiger partial charge in [0.05, 0.1) is 29.8 Å². The van der Waals surface area contributed by atoms with E-state index in [4.69, 9.17) is 21.1 Å². The van der Waals surface area contributed by atoms with Crippen LogP contribution < -0.4 is 14.4 Å².